The molecule has 0 aliphatic carbocycles. The van der Waals surface area contributed by atoms with Crippen molar-refractivity contribution in [3.05, 3.63) is 0 Å². The van der Waals surface area contributed by atoms with E-state index in [0.717, 1.165) is 27.7 Å². The summed E-state index contributed by atoms with van der Waals surface area (Å²) >= 11 is 0. The second-order valence-corrected chi connectivity index (χ2v) is 25.3. The maximum atomic E-state index is 13.1. The number of rotatable bonds is 25. The number of aliphatic hydroxyl groups excluding tert-OH is 20. The first kappa shape index (κ1) is 81.2. The minimum atomic E-state index is -2.47. The number of ether oxygens (including phenoxy) is 15. The monoisotopic (exact) mass is 1450 g/mol. The third kappa shape index (κ3) is 18.4. The zero-order chi connectivity index (χ0) is 72.9. The van der Waals surface area contributed by atoms with Gasteiger partial charge in [0.1, 0.15) is 183 Å². The molecule has 4 amide bonds. The van der Waals surface area contributed by atoms with Gasteiger partial charge in [0.25, 0.3) is 0 Å². The number of hydrogen-bond donors (Lipinski definition) is 24. The van der Waals surface area contributed by atoms with Gasteiger partial charge in [-0.2, -0.15) is 0 Å². The number of hydrogen-bond acceptors (Lipinski definition) is 39. The lowest BCUT2D eigenvalue weighted by Gasteiger charge is -2.51. The third-order valence-electron chi connectivity index (χ3n) is 18.1. The van der Waals surface area contributed by atoms with Gasteiger partial charge in [-0.3, -0.25) is 19.2 Å². The predicted molar refractivity (Wildman–Crippen MR) is 308 cm³/mol. The molecular formula is C56H94N4O39. The molecule has 8 aliphatic heterocycles. The van der Waals surface area contributed by atoms with Gasteiger partial charge in [-0.05, 0) is 6.92 Å². The van der Waals surface area contributed by atoms with Crippen LogP contribution in [0.15, 0.2) is 0 Å². The van der Waals surface area contributed by atoms with E-state index in [1.165, 1.54) is 6.92 Å². The van der Waals surface area contributed by atoms with Crippen LogP contribution in [0.3, 0.4) is 0 Å². The second-order valence-electron chi connectivity index (χ2n) is 25.3. The Balaban J connectivity index is 1.13. The maximum absolute atomic E-state index is 13.1. The Bertz CT molecular complexity index is 2580. The summed E-state index contributed by atoms with van der Waals surface area (Å²) in [7, 11) is 0. The quantitative estimate of drug-likeness (QED) is 0.0404. The summed E-state index contributed by atoms with van der Waals surface area (Å²) < 4.78 is 89.3. The fraction of sp³-hybridized carbons (Fsp3) is 0.929. The molecule has 0 unspecified atom stereocenters. The van der Waals surface area contributed by atoms with Gasteiger partial charge >= 0.3 is 0 Å². The van der Waals surface area contributed by atoms with Gasteiger partial charge in [0.05, 0.1) is 65.0 Å². The van der Waals surface area contributed by atoms with E-state index in [2.05, 4.69) is 21.3 Å². The van der Waals surface area contributed by atoms with Crippen molar-refractivity contribution in [1.82, 2.24) is 21.3 Å². The highest BCUT2D eigenvalue weighted by Gasteiger charge is 2.59. The van der Waals surface area contributed by atoms with Crippen LogP contribution in [-0.4, -0.2) is 418 Å². The molecule has 0 saturated carbocycles. The number of amides is 4. The largest absolute Gasteiger partial charge is 0.394 e. The van der Waals surface area contributed by atoms with Crippen molar-refractivity contribution in [3.8, 4) is 0 Å². The SMILES string of the molecule is CC(=O)N[C@H]1[C@H](O[C@H]2[C@H](O)[C@@H](NC(C)=O)CO[C@@H]2CO[C@H]2O[C@@H](C)[C@@H](O)[C@@H](O)[C@@H]2O)O[C@H](CO)[C@@H](O[C@@H]2O[C@H](CO[C@H]3O[C@H](CO)[C@@H](O)[C@H](O)[C@@H]3O[C@@H]3O[C@H](CO)[C@@H](O)[C@H](O)[C@H]3NC(C)=O)[C@@H](O)[C@H](O[C@H]3O[C@H](CO)[C@@H](O)[C@H](O)[C@@H]3O[C@H]3O[C@H](CO)[C@@H](O)[C@H](O)[C@H]3NC(C)=O)[C@@H]2O)[C@@H]1O. The predicted octanol–water partition coefficient (Wildman–Crippen LogP) is -16.2. The smallest absolute Gasteiger partial charge is 0.217 e. The van der Waals surface area contributed by atoms with Crippen LogP contribution in [0, 0.1) is 0 Å². The number of carbonyl (C=O) groups is 4. The average molecular weight is 1450 g/mol. The molecule has 0 bridgehead atoms. The third-order valence-corrected chi connectivity index (χ3v) is 18.1. The van der Waals surface area contributed by atoms with Crippen LogP contribution in [-0.2, 0) is 90.2 Å². The van der Waals surface area contributed by atoms with Crippen molar-refractivity contribution in [2.24, 2.45) is 0 Å². The van der Waals surface area contributed by atoms with Crippen LogP contribution in [0.2, 0.25) is 0 Å². The molecule has 0 aromatic carbocycles. The highest BCUT2D eigenvalue weighted by Crippen LogP contribution is 2.38. The van der Waals surface area contributed by atoms with E-state index in [4.69, 9.17) is 71.1 Å². The number of carbonyl (C=O) groups excluding carboxylic acids is 4. The van der Waals surface area contributed by atoms with Crippen molar-refractivity contribution < 1.29 is 192 Å². The van der Waals surface area contributed by atoms with Gasteiger partial charge in [0.2, 0.25) is 23.6 Å². The van der Waals surface area contributed by atoms with Crippen LogP contribution in [0.1, 0.15) is 34.6 Å². The fourth-order valence-corrected chi connectivity index (χ4v) is 12.7. The summed E-state index contributed by atoms with van der Waals surface area (Å²) in [6.07, 6.45) is -67.9. The van der Waals surface area contributed by atoms with Crippen molar-refractivity contribution in [2.45, 2.75) is 274 Å². The van der Waals surface area contributed by atoms with Crippen molar-refractivity contribution in [2.75, 3.05) is 52.9 Å². The van der Waals surface area contributed by atoms with E-state index < -0.39 is 316 Å². The minimum absolute atomic E-state index is 0.401. The van der Waals surface area contributed by atoms with E-state index in [9.17, 15) is 121 Å². The summed E-state index contributed by atoms with van der Waals surface area (Å²) in [6.45, 7) is -1.86. The van der Waals surface area contributed by atoms with Gasteiger partial charge in [0.15, 0.2) is 44.0 Å². The van der Waals surface area contributed by atoms with Crippen molar-refractivity contribution >= 4 is 23.6 Å². The molecule has 0 radical (unpaired) electrons. The molecule has 0 aromatic heterocycles. The molecule has 572 valence electrons. The van der Waals surface area contributed by atoms with Crippen LogP contribution in [0.5, 0.6) is 0 Å². The highest BCUT2D eigenvalue weighted by molar-refractivity contribution is 5.74. The molecule has 24 N–H and O–H groups in total. The molecule has 8 aliphatic rings. The van der Waals surface area contributed by atoms with Gasteiger partial charge in [-0.1, -0.05) is 0 Å². The molecular weight excluding hydrogens is 1350 g/mol. The lowest BCUT2D eigenvalue weighted by atomic mass is 9.94. The van der Waals surface area contributed by atoms with E-state index in [1.54, 1.807) is 0 Å². The summed E-state index contributed by atoms with van der Waals surface area (Å²) in [6, 6.07) is -6.54. The summed E-state index contributed by atoms with van der Waals surface area (Å²) in [5.74, 6) is -3.20. The van der Waals surface area contributed by atoms with E-state index in [1.807, 2.05) is 0 Å². The second kappa shape index (κ2) is 35.5. The van der Waals surface area contributed by atoms with Crippen molar-refractivity contribution in [3.63, 3.8) is 0 Å². The van der Waals surface area contributed by atoms with Crippen LogP contribution in [0.25, 0.3) is 0 Å². The van der Waals surface area contributed by atoms with Crippen molar-refractivity contribution in [1.29, 1.82) is 0 Å². The molecule has 0 aromatic rings. The zero-order valence-corrected chi connectivity index (χ0v) is 53.9. The van der Waals surface area contributed by atoms with Gasteiger partial charge in [0, 0.05) is 27.7 Å². The Kier molecular flexibility index (Phi) is 29.1. The Labute approximate surface area is 562 Å². The molecule has 0 spiro atoms. The van der Waals surface area contributed by atoms with E-state index in [0.29, 0.717) is 0 Å². The first-order valence-corrected chi connectivity index (χ1v) is 31.8. The van der Waals surface area contributed by atoms with Gasteiger partial charge in [-0.25, -0.2) is 0 Å². The fourth-order valence-electron chi connectivity index (χ4n) is 12.7. The Morgan fingerprint density at radius 1 is 0.313 bits per heavy atom. The first-order valence-electron chi connectivity index (χ1n) is 31.8. The molecule has 8 rings (SSSR count). The lowest BCUT2D eigenvalue weighted by Crippen LogP contribution is -2.70. The highest BCUT2D eigenvalue weighted by atomic mass is 16.8. The maximum Gasteiger partial charge on any atom is 0.217 e. The van der Waals surface area contributed by atoms with Gasteiger partial charge in [-0.15, -0.1) is 0 Å². The Morgan fingerprint density at radius 2 is 0.677 bits per heavy atom. The molecule has 43 nitrogen and oxygen atoms in total. The van der Waals surface area contributed by atoms with E-state index in [-0.39, 0.29) is 0 Å². The zero-order valence-electron chi connectivity index (χ0n) is 53.9. The first-order chi connectivity index (χ1) is 46.8. The molecule has 8 fully saturated rings. The molecule has 43 heteroatoms. The molecule has 8 saturated heterocycles. The van der Waals surface area contributed by atoms with Crippen LogP contribution in [0.4, 0.5) is 0 Å². The number of aliphatic hydroxyl groups is 20. The normalized spacial score (nSPS) is 48.3. The summed E-state index contributed by atoms with van der Waals surface area (Å²) in [4.78, 5) is 50.2. The van der Waals surface area contributed by atoms with E-state index >= 15 is 0 Å². The Hall–Kier alpha value is -3.52. The average Bonchev–Trinajstić information content (AvgIpc) is 0.776. The molecule has 8 heterocycles. The van der Waals surface area contributed by atoms with Crippen LogP contribution < -0.4 is 21.3 Å². The number of nitrogens with one attached hydrogen (secondary N) is 4. The van der Waals surface area contributed by atoms with Gasteiger partial charge < -0.3 is 194 Å². The summed E-state index contributed by atoms with van der Waals surface area (Å²) in [5.41, 5.74) is 0. The molecule has 99 heavy (non-hydrogen) atoms. The van der Waals surface area contributed by atoms with Crippen LogP contribution >= 0.6 is 0 Å². The Morgan fingerprint density at radius 3 is 1.15 bits per heavy atom. The summed E-state index contributed by atoms with van der Waals surface area (Å²) in [5, 5.41) is 231. The minimum Gasteiger partial charge on any atom is -0.394 e. The topological polar surface area (TPSA) is 659 Å². The standard InChI is InChI=1S/C56H94N4O39/c1-14-30(70)40(80)43(83)53(88-14)86-13-26-46(31(71)19(11-85-26)57-15(2)66)95-52-29(60-18(5)69)39(79)45(24(10-65)93-52)96-54-44(84)47(97-56-49(42(82)35(75)23(9-64)92-56)99-51-28(59-17(4)68)38(78)33(73)21(7-62)90-51)36(76)25(94-54)12-87-55-48(41(81)34(74)22(8-63)91-55)98-50-27(58-16(3)67)37(77)32(72)20(6-61)89-50/h14,19-56,61-65,70-84H,6-13H2,1-5H3,(H,57,66)(H,58,67)(H,59,68)(H,60,69)/t14-,19-,20+,21+,22+,23+,24+,25+,26+,27+,28+,29+,30+,31+,32+,33+,34+,35+,36+,37+,38+,39+,40+,41-,42-,43-,44-,45+,46+,47-,48-,49-,50-,51+,52-,53-,54-,55-,56+/m0/s1. The molecule has 39 atom stereocenters. The lowest BCUT2D eigenvalue weighted by molar-refractivity contribution is -0.395.